The summed E-state index contributed by atoms with van der Waals surface area (Å²) < 4.78 is 0. The molecule has 218 valence electrons. The Labute approximate surface area is 241 Å². The second-order valence-corrected chi connectivity index (χ2v) is 10.2. The number of imidazole rings is 1. The lowest BCUT2D eigenvalue weighted by Crippen LogP contribution is -2.49. The molecule has 2 aromatic carbocycles. The van der Waals surface area contributed by atoms with E-state index in [-0.39, 0.29) is 12.5 Å². The minimum absolute atomic E-state index is 0.229. The molecule has 0 unspecified atom stereocenters. The minimum atomic E-state index is -0.844. The van der Waals surface area contributed by atoms with E-state index in [9.17, 15) is 15.0 Å². The van der Waals surface area contributed by atoms with Crippen LogP contribution in [0.5, 0.6) is 0 Å². The molecule has 1 fully saturated rings. The quantitative estimate of drug-likeness (QED) is 0.158. The van der Waals surface area contributed by atoms with Gasteiger partial charge in [-0.05, 0) is 43.2 Å². The molecule has 0 bridgehead atoms. The van der Waals surface area contributed by atoms with Crippen molar-refractivity contribution < 1.29 is 19.8 Å². The maximum Gasteiger partial charge on any atom is 0.240 e. The summed E-state index contributed by atoms with van der Waals surface area (Å²) >= 11 is 0. The summed E-state index contributed by atoms with van der Waals surface area (Å²) in [6.45, 7) is 4.02. The van der Waals surface area contributed by atoms with Crippen molar-refractivity contribution in [2.24, 2.45) is 5.92 Å². The van der Waals surface area contributed by atoms with Gasteiger partial charge in [0.1, 0.15) is 18.0 Å². The third kappa shape index (κ3) is 8.63. The molecule has 1 amide bonds. The number of benzene rings is 2. The Morgan fingerprint density at radius 1 is 1.24 bits per heavy atom. The van der Waals surface area contributed by atoms with E-state index in [1.807, 2.05) is 49.5 Å². The number of carbonyl (C=O) groups is 1. The maximum absolute atomic E-state index is 13.4. The Bertz CT molecular complexity index is 1270. The zero-order valence-corrected chi connectivity index (χ0v) is 23.7. The van der Waals surface area contributed by atoms with E-state index in [0.29, 0.717) is 26.2 Å². The molecule has 4 atom stereocenters. The number of para-hydroxylation sites is 1. The molecule has 10 nitrogen and oxygen atoms in total. The Morgan fingerprint density at radius 2 is 2.07 bits per heavy atom. The van der Waals surface area contributed by atoms with Crippen molar-refractivity contribution in [2.45, 2.75) is 44.7 Å². The second-order valence-electron chi connectivity index (χ2n) is 10.2. The number of aliphatic hydroxyl groups is 2. The van der Waals surface area contributed by atoms with Crippen LogP contribution in [0.1, 0.15) is 30.3 Å². The number of carbonyl (C=O) groups excluding carboxylic acids is 1. The maximum atomic E-state index is 13.4. The fourth-order valence-electron chi connectivity index (χ4n) is 5.03. The lowest BCUT2D eigenvalue weighted by atomic mass is 9.89. The van der Waals surface area contributed by atoms with Gasteiger partial charge in [-0.15, -0.1) is 0 Å². The molecular formula is C31H40N6O4. The first-order valence-electron chi connectivity index (χ1n) is 14.0. The number of aromatic amines is 1. The molecule has 1 aliphatic heterocycles. The standard InChI is InChI=1S/C31H40N6O4/c1-23(39)29-27(22-38)41-37(30(29)31(40)35-15-8-18-36(2)26-12-4-3-5-13-26)21-25-10-6-9-24(19-25)11-7-14-32-20-28-33-16-17-34-28/h3-6,9-10,12-13,16-17,19,23,27,29-30,32,38-39H,8,14-15,18,20-22H2,1-2H3,(H,33,34)(H,35,40)/t23-,27-,29+,30-/m1/s1. The fraction of sp³-hybridized carbons (Fsp3) is 0.419. The van der Waals surface area contributed by atoms with E-state index in [2.05, 4.69) is 49.5 Å². The molecule has 1 aliphatic rings. The first-order chi connectivity index (χ1) is 20.0. The van der Waals surface area contributed by atoms with Crippen molar-refractivity contribution in [2.75, 3.05) is 38.2 Å². The summed E-state index contributed by atoms with van der Waals surface area (Å²) in [5, 5.41) is 28.3. The van der Waals surface area contributed by atoms with E-state index >= 15 is 0 Å². The largest absolute Gasteiger partial charge is 0.394 e. The molecule has 0 radical (unpaired) electrons. The van der Waals surface area contributed by atoms with Crippen LogP contribution in [0.3, 0.4) is 0 Å². The van der Waals surface area contributed by atoms with Crippen molar-refractivity contribution >= 4 is 11.6 Å². The summed E-state index contributed by atoms with van der Waals surface area (Å²) in [6, 6.07) is 17.1. The molecule has 3 aromatic rings. The van der Waals surface area contributed by atoms with Crippen molar-refractivity contribution in [1.82, 2.24) is 25.7 Å². The number of anilines is 1. The Balaban J connectivity index is 1.35. The third-order valence-corrected chi connectivity index (χ3v) is 7.11. The van der Waals surface area contributed by atoms with Crippen molar-refractivity contribution in [3.05, 3.63) is 83.9 Å². The molecule has 5 N–H and O–H groups in total. The van der Waals surface area contributed by atoms with Crippen LogP contribution in [0.25, 0.3) is 0 Å². The van der Waals surface area contributed by atoms with E-state index < -0.39 is 24.2 Å². The summed E-state index contributed by atoms with van der Waals surface area (Å²) in [4.78, 5) is 28.8. The predicted molar refractivity (Wildman–Crippen MR) is 157 cm³/mol. The number of nitrogens with one attached hydrogen (secondary N) is 3. The number of hydrogen-bond acceptors (Lipinski definition) is 8. The molecule has 1 saturated heterocycles. The second kappa shape index (κ2) is 15.3. The van der Waals surface area contributed by atoms with Gasteiger partial charge in [0, 0.05) is 49.7 Å². The van der Waals surface area contributed by atoms with E-state index in [0.717, 1.165) is 35.6 Å². The molecule has 2 heterocycles. The van der Waals surface area contributed by atoms with Crippen LogP contribution in [0.15, 0.2) is 67.0 Å². The van der Waals surface area contributed by atoms with E-state index in [4.69, 9.17) is 4.84 Å². The van der Waals surface area contributed by atoms with Crippen LogP contribution < -0.4 is 15.5 Å². The SMILES string of the molecule is C[C@@H](O)[C@H]1[C@@H](CO)ON(Cc2cccc(C#CCNCc3ncc[nH]3)c2)[C@H]1C(=O)NCCCN(C)c1ccccc1. The highest BCUT2D eigenvalue weighted by atomic mass is 16.7. The van der Waals surface area contributed by atoms with Crippen LogP contribution in [-0.4, -0.2) is 82.7 Å². The predicted octanol–water partition coefficient (Wildman–Crippen LogP) is 1.67. The number of hydrogen-bond donors (Lipinski definition) is 5. The molecular weight excluding hydrogens is 520 g/mol. The molecule has 10 heteroatoms. The molecule has 4 rings (SSSR count). The van der Waals surface area contributed by atoms with Gasteiger partial charge in [-0.1, -0.05) is 42.2 Å². The zero-order valence-electron chi connectivity index (χ0n) is 23.7. The molecule has 0 aliphatic carbocycles. The summed E-state index contributed by atoms with van der Waals surface area (Å²) in [7, 11) is 2.02. The van der Waals surface area contributed by atoms with Gasteiger partial charge in [-0.3, -0.25) is 14.9 Å². The summed E-state index contributed by atoms with van der Waals surface area (Å²) in [6.07, 6.45) is 2.72. The zero-order chi connectivity index (χ0) is 29.0. The lowest BCUT2D eigenvalue weighted by Gasteiger charge is -2.26. The van der Waals surface area contributed by atoms with Gasteiger partial charge in [0.05, 0.1) is 32.3 Å². The first-order valence-corrected chi connectivity index (χ1v) is 14.0. The van der Waals surface area contributed by atoms with Crippen LogP contribution >= 0.6 is 0 Å². The smallest absolute Gasteiger partial charge is 0.240 e. The molecule has 0 spiro atoms. The van der Waals surface area contributed by atoms with Crippen LogP contribution in [0, 0.1) is 17.8 Å². The summed E-state index contributed by atoms with van der Waals surface area (Å²) in [5.41, 5.74) is 2.87. The number of H-pyrrole nitrogens is 1. The van der Waals surface area contributed by atoms with Crippen molar-refractivity contribution in [1.29, 1.82) is 0 Å². The van der Waals surface area contributed by atoms with Gasteiger partial charge in [0.2, 0.25) is 5.91 Å². The van der Waals surface area contributed by atoms with Crippen molar-refractivity contribution in [3.63, 3.8) is 0 Å². The normalized spacial score (nSPS) is 19.4. The highest BCUT2D eigenvalue weighted by Crippen LogP contribution is 2.32. The highest BCUT2D eigenvalue weighted by molar-refractivity contribution is 5.82. The number of aliphatic hydroxyl groups excluding tert-OH is 2. The van der Waals surface area contributed by atoms with Gasteiger partial charge < -0.3 is 25.4 Å². The number of aromatic nitrogens is 2. The lowest BCUT2D eigenvalue weighted by molar-refractivity contribution is -0.181. The van der Waals surface area contributed by atoms with Gasteiger partial charge in [0.25, 0.3) is 0 Å². The van der Waals surface area contributed by atoms with Gasteiger partial charge in [-0.2, -0.15) is 5.06 Å². The Morgan fingerprint density at radius 3 is 2.80 bits per heavy atom. The van der Waals surface area contributed by atoms with Gasteiger partial charge >= 0.3 is 0 Å². The fourth-order valence-corrected chi connectivity index (χ4v) is 5.03. The van der Waals surface area contributed by atoms with Gasteiger partial charge in [0.15, 0.2) is 0 Å². The van der Waals surface area contributed by atoms with Crippen molar-refractivity contribution in [3.8, 4) is 11.8 Å². The molecule has 1 aromatic heterocycles. The first kappa shape index (κ1) is 30.2. The third-order valence-electron chi connectivity index (χ3n) is 7.11. The number of nitrogens with zero attached hydrogens (tertiary/aromatic N) is 3. The number of hydroxylamine groups is 2. The van der Waals surface area contributed by atoms with Crippen LogP contribution in [-0.2, 0) is 22.7 Å². The number of amides is 1. The summed E-state index contributed by atoms with van der Waals surface area (Å²) in [5.74, 6) is 6.33. The van der Waals surface area contributed by atoms with E-state index in [1.165, 1.54) is 0 Å². The highest BCUT2D eigenvalue weighted by Gasteiger charge is 2.49. The Kier molecular flexibility index (Phi) is 11.3. The average molecular weight is 561 g/mol. The Hall–Kier alpha value is -3.72. The molecule has 41 heavy (non-hydrogen) atoms. The monoisotopic (exact) mass is 560 g/mol. The average Bonchev–Trinajstić information content (AvgIpc) is 3.63. The topological polar surface area (TPSA) is 126 Å². The minimum Gasteiger partial charge on any atom is -0.394 e. The number of rotatable bonds is 13. The van der Waals surface area contributed by atoms with Gasteiger partial charge in [-0.25, -0.2) is 4.98 Å². The molecule has 0 saturated carbocycles. The van der Waals surface area contributed by atoms with Crippen LogP contribution in [0.2, 0.25) is 0 Å². The van der Waals surface area contributed by atoms with Crippen LogP contribution in [0.4, 0.5) is 5.69 Å². The van der Waals surface area contributed by atoms with E-state index in [1.54, 1.807) is 24.4 Å².